The van der Waals surface area contributed by atoms with E-state index in [9.17, 15) is 14.4 Å². The fourth-order valence-electron chi connectivity index (χ4n) is 1.74. The Balaban J connectivity index is 2.46. The number of methoxy groups -OCH3 is 1. The maximum Gasteiger partial charge on any atom is 0.328 e. The minimum Gasteiger partial charge on any atom is -0.467 e. The number of aryl methyl sites for hydroxylation is 1. The van der Waals surface area contributed by atoms with Gasteiger partial charge in [0, 0.05) is 12.0 Å². The lowest BCUT2D eigenvalue weighted by Crippen LogP contribution is -2.39. The fourth-order valence-corrected chi connectivity index (χ4v) is 1.90. The van der Waals surface area contributed by atoms with Gasteiger partial charge in [0.15, 0.2) is 5.78 Å². The zero-order valence-corrected chi connectivity index (χ0v) is 12.8. The molecule has 0 aliphatic heterocycles. The number of benzene rings is 1. The van der Waals surface area contributed by atoms with Crippen LogP contribution in [0.4, 0.5) is 0 Å². The van der Waals surface area contributed by atoms with Crippen molar-refractivity contribution in [3.05, 3.63) is 35.4 Å². The molecule has 0 radical (unpaired) electrons. The van der Waals surface area contributed by atoms with Crippen LogP contribution in [0.1, 0.15) is 29.3 Å². The quantitative estimate of drug-likeness (QED) is 0.473. The lowest BCUT2D eigenvalue weighted by molar-refractivity contribution is -0.144. The molecular formula is C15H18ClNO4. The molecule has 0 aromatic heterocycles. The largest absolute Gasteiger partial charge is 0.467 e. The lowest BCUT2D eigenvalue weighted by Gasteiger charge is -2.11. The van der Waals surface area contributed by atoms with Crippen molar-refractivity contribution in [3.8, 4) is 0 Å². The summed E-state index contributed by atoms with van der Waals surface area (Å²) >= 11 is 5.47. The van der Waals surface area contributed by atoms with Gasteiger partial charge in [0.2, 0.25) is 5.91 Å². The fraction of sp³-hybridized carbons (Fsp3) is 0.400. The van der Waals surface area contributed by atoms with Crippen molar-refractivity contribution in [1.82, 2.24) is 5.32 Å². The van der Waals surface area contributed by atoms with Crippen molar-refractivity contribution in [3.63, 3.8) is 0 Å². The molecule has 0 bridgehead atoms. The number of carbonyl (C=O) groups excluding carboxylic acids is 3. The number of halogens is 1. The van der Waals surface area contributed by atoms with Gasteiger partial charge in [-0.25, -0.2) is 4.79 Å². The molecule has 0 heterocycles. The van der Waals surface area contributed by atoms with Crippen molar-refractivity contribution in [1.29, 1.82) is 0 Å². The van der Waals surface area contributed by atoms with Crippen LogP contribution in [0.25, 0.3) is 0 Å². The lowest BCUT2D eigenvalue weighted by atomic mass is 10.1. The first-order valence-corrected chi connectivity index (χ1v) is 7.06. The molecule has 0 fully saturated rings. The number of Topliss-reactive ketones (excluding diaryl/α,β-unsaturated/α-hetero) is 1. The van der Waals surface area contributed by atoms with E-state index in [0.717, 1.165) is 5.56 Å². The molecule has 0 unspecified atom stereocenters. The molecule has 0 spiro atoms. The number of ketones is 1. The number of amides is 1. The van der Waals surface area contributed by atoms with Crippen LogP contribution in [0.5, 0.6) is 0 Å². The predicted molar refractivity (Wildman–Crippen MR) is 79.4 cm³/mol. The van der Waals surface area contributed by atoms with Gasteiger partial charge in [0.25, 0.3) is 0 Å². The maximum absolute atomic E-state index is 11.7. The second-order valence-corrected chi connectivity index (χ2v) is 4.83. The zero-order valence-electron chi connectivity index (χ0n) is 12.0. The number of hydrogen-bond acceptors (Lipinski definition) is 4. The van der Waals surface area contributed by atoms with Crippen LogP contribution in [0.15, 0.2) is 24.3 Å². The summed E-state index contributed by atoms with van der Waals surface area (Å²) in [5.41, 5.74) is 1.49. The number of rotatable bonds is 7. The molecule has 0 aliphatic carbocycles. The Kier molecular flexibility index (Phi) is 6.88. The molecule has 1 aromatic carbocycles. The molecule has 1 aromatic rings. The van der Waals surface area contributed by atoms with Gasteiger partial charge in [-0.05, 0) is 18.9 Å². The second kappa shape index (κ2) is 8.42. The molecule has 21 heavy (non-hydrogen) atoms. The molecule has 0 saturated carbocycles. The molecule has 1 atom stereocenters. The number of esters is 1. The maximum atomic E-state index is 11.7. The van der Waals surface area contributed by atoms with Gasteiger partial charge in [-0.2, -0.15) is 0 Å². The van der Waals surface area contributed by atoms with E-state index in [1.165, 1.54) is 7.11 Å². The normalized spacial score (nSPS) is 11.6. The van der Waals surface area contributed by atoms with Crippen LogP contribution in [0.2, 0.25) is 0 Å². The summed E-state index contributed by atoms with van der Waals surface area (Å²) in [5.74, 6) is -0.887. The van der Waals surface area contributed by atoms with Gasteiger partial charge in [0.1, 0.15) is 6.04 Å². The zero-order chi connectivity index (χ0) is 15.8. The van der Waals surface area contributed by atoms with Crippen LogP contribution in [-0.4, -0.2) is 36.7 Å². The molecule has 1 N–H and O–H groups in total. The topological polar surface area (TPSA) is 72.5 Å². The van der Waals surface area contributed by atoms with Gasteiger partial charge >= 0.3 is 5.97 Å². The summed E-state index contributed by atoms with van der Waals surface area (Å²) in [6.45, 7) is 1.57. The average Bonchev–Trinajstić information content (AvgIpc) is 2.51. The van der Waals surface area contributed by atoms with Gasteiger partial charge in [-0.1, -0.05) is 24.3 Å². The average molecular weight is 312 g/mol. The van der Waals surface area contributed by atoms with E-state index in [-0.39, 0.29) is 24.0 Å². The summed E-state index contributed by atoms with van der Waals surface area (Å²) in [6.07, 6.45) is 0.777. The minimum atomic E-state index is -0.661. The Morgan fingerprint density at radius 2 is 1.86 bits per heavy atom. The smallest absolute Gasteiger partial charge is 0.328 e. The Hall–Kier alpha value is -1.88. The van der Waals surface area contributed by atoms with Gasteiger partial charge < -0.3 is 10.1 Å². The molecule has 1 rings (SSSR count). The summed E-state index contributed by atoms with van der Waals surface area (Å²) in [4.78, 5) is 34.2. The highest BCUT2D eigenvalue weighted by atomic mass is 35.5. The van der Waals surface area contributed by atoms with Gasteiger partial charge in [-0.15, -0.1) is 11.6 Å². The molecule has 6 heteroatoms. The highest BCUT2D eigenvalue weighted by Gasteiger charge is 2.15. The number of hydrogen-bond donors (Lipinski definition) is 1. The van der Waals surface area contributed by atoms with E-state index < -0.39 is 12.0 Å². The van der Waals surface area contributed by atoms with Crippen molar-refractivity contribution in [2.24, 2.45) is 0 Å². The van der Waals surface area contributed by atoms with E-state index in [2.05, 4.69) is 10.1 Å². The monoisotopic (exact) mass is 311 g/mol. The third kappa shape index (κ3) is 5.55. The van der Waals surface area contributed by atoms with E-state index in [4.69, 9.17) is 11.6 Å². The number of ether oxygens (including phenoxy) is 1. The summed E-state index contributed by atoms with van der Waals surface area (Å²) in [5, 5.41) is 2.55. The van der Waals surface area contributed by atoms with Gasteiger partial charge in [-0.3, -0.25) is 9.59 Å². The van der Waals surface area contributed by atoms with Crippen molar-refractivity contribution in [2.75, 3.05) is 13.0 Å². The Morgan fingerprint density at radius 3 is 2.38 bits per heavy atom. The highest BCUT2D eigenvalue weighted by molar-refractivity contribution is 6.30. The van der Waals surface area contributed by atoms with Gasteiger partial charge in [0.05, 0.1) is 13.0 Å². The Morgan fingerprint density at radius 1 is 1.24 bits per heavy atom. The first-order chi connectivity index (χ1) is 9.97. The second-order valence-electron chi connectivity index (χ2n) is 4.57. The van der Waals surface area contributed by atoms with E-state index in [1.54, 1.807) is 31.2 Å². The first kappa shape index (κ1) is 17.2. The minimum absolute atomic E-state index is 0.0484. The van der Waals surface area contributed by atoms with Crippen LogP contribution in [0.3, 0.4) is 0 Å². The summed E-state index contributed by atoms with van der Waals surface area (Å²) < 4.78 is 4.53. The van der Waals surface area contributed by atoms with Crippen LogP contribution in [0, 0.1) is 0 Å². The third-order valence-corrected chi connectivity index (χ3v) is 3.21. The summed E-state index contributed by atoms with van der Waals surface area (Å²) in [6, 6.07) is 6.30. The summed E-state index contributed by atoms with van der Waals surface area (Å²) in [7, 11) is 1.27. The molecule has 5 nitrogen and oxygen atoms in total. The Bertz CT molecular complexity index is 513. The molecule has 1 amide bonds. The molecule has 0 saturated heterocycles. The van der Waals surface area contributed by atoms with Crippen molar-refractivity contribution >= 4 is 29.3 Å². The van der Waals surface area contributed by atoms with E-state index in [0.29, 0.717) is 12.0 Å². The van der Waals surface area contributed by atoms with Crippen molar-refractivity contribution < 1.29 is 19.1 Å². The number of nitrogens with one attached hydrogen (secondary N) is 1. The van der Waals surface area contributed by atoms with Crippen LogP contribution < -0.4 is 5.32 Å². The highest BCUT2D eigenvalue weighted by Crippen LogP contribution is 2.08. The first-order valence-electron chi connectivity index (χ1n) is 6.53. The predicted octanol–water partition coefficient (Wildman–Crippen LogP) is 1.72. The molecule has 114 valence electrons. The number of alkyl halides is 1. The number of carbonyl (C=O) groups is 3. The van der Waals surface area contributed by atoms with Crippen LogP contribution in [-0.2, 0) is 20.7 Å². The molecular weight excluding hydrogens is 294 g/mol. The van der Waals surface area contributed by atoms with Crippen molar-refractivity contribution in [2.45, 2.75) is 25.8 Å². The van der Waals surface area contributed by atoms with Crippen LogP contribution >= 0.6 is 11.6 Å². The third-order valence-electron chi connectivity index (χ3n) is 2.97. The molecule has 0 aliphatic rings. The Labute approximate surface area is 128 Å². The van der Waals surface area contributed by atoms with E-state index >= 15 is 0 Å². The van der Waals surface area contributed by atoms with E-state index in [1.807, 2.05) is 0 Å². The standard InChI is InChI=1S/C15H18ClNO4/c1-10(15(20)21-2)17-14(19)8-5-11-3-6-12(7-4-11)13(18)9-16/h3-4,6-7,10H,5,8-9H2,1-2H3,(H,17,19)/t10-/m0/s1. The SMILES string of the molecule is COC(=O)[C@H](C)NC(=O)CCc1ccc(C(=O)CCl)cc1.